The van der Waals surface area contributed by atoms with E-state index in [1.807, 2.05) is 39.8 Å². The SMILES string of the molecule is CN(C)c1nc(CNC(=O)C(C)(C)C)nc(N2CCCCC2)n1. The van der Waals surface area contributed by atoms with Gasteiger partial charge in [0.15, 0.2) is 5.82 Å². The number of nitrogens with zero attached hydrogens (tertiary/aromatic N) is 5. The number of carbonyl (C=O) groups excluding carboxylic acids is 1. The van der Waals surface area contributed by atoms with Crippen molar-refractivity contribution in [3.63, 3.8) is 0 Å². The first kappa shape index (κ1) is 17.4. The fourth-order valence-corrected chi connectivity index (χ4v) is 2.33. The van der Waals surface area contributed by atoms with Crippen LogP contribution in [0.3, 0.4) is 0 Å². The van der Waals surface area contributed by atoms with Crippen molar-refractivity contribution in [3.05, 3.63) is 5.82 Å². The van der Waals surface area contributed by atoms with Gasteiger partial charge in [-0.3, -0.25) is 4.79 Å². The van der Waals surface area contributed by atoms with E-state index in [1.165, 1.54) is 19.3 Å². The quantitative estimate of drug-likeness (QED) is 0.908. The molecule has 1 amide bonds. The maximum absolute atomic E-state index is 12.0. The zero-order valence-electron chi connectivity index (χ0n) is 14.9. The lowest BCUT2D eigenvalue weighted by molar-refractivity contribution is -0.128. The lowest BCUT2D eigenvalue weighted by Gasteiger charge is -2.27. The normalized spacial score (nSPS) is 15.4. The Balaban J connectivity index is 2.17. The van der Waals surface area contributed by atoms with Crippen LogP contribution in [0.4, 0.5) is 11.9 Å². The number of piperidine rings is 1. The van der Waals surface area contributed by atoms with Gasteiger partial charge < -0.3 is 15.1 Å². The molecule has 1 aromatic rings. The lowest BCUT2D eigenvalue weighted by atomic mass is 9.96. The average Bonchev–Trinajstić information content (AvgIpc) is 2.52. The van der Waals surface area contributed by atoms with Crippen LogP contribution in [0, 0.1) is 5.41 Å². The average molecular weight is 320 g/mol. The van der Waals surface area contributed by atoms with Crippen molar-refractivity contribution in [2.75, 3.05) is 37.0 Å². The van der Waals surface area contributed by atoms with E-state index in [9.17, 15) is 4.79 Å². The second kappa shape index (κ2) is 7.10. The van der Waals surface area contributed by atoms with Gasteiger partial charge in [0.2, 0.25) is 17.8 Å². The van der Waals surface area contributed by atoms with Crippen molar-refractivity contribution in [2.45, 2.75) is 46.6 Å². The van der Waals surface area contributed by atoms with E-state index in [1.54, 1.807) is 0 Å². The number of amides is 1. The molecule has 0 radical (unpaired) electrons. The molecule has 0 bridgehead atoms. The molecule has 1 aliphatic heterocycles. The second-order valence-corrected chi connectivity index (χ2v) is 7.23. The first-order valence-electron chi connectivity index (χ1n) is 8.23. The van der Waals surface area contributed by atoms with Crippen molar-refractivity contribution in [1.29, 1.82) is 0 Å². The Bertz CT molecular complexity index is 546. The highest BCUT2D eigenvalue weighted by Crippen LogP contribution is 2.18. The van der Waals surface area contributed by atoms with E-state index in [4.69, 9.17) is 0 Å². The van der Waals surface area contributed by atoms with E-state index in [2.05, 4.69) is 25.2 Å². The van der Waals surface area contributed by atoms with E-state index in [-0.39, 0.29) is 5.91 Å². The fraction of sp³-hybridized carbons (Fsp3) is 0.750. The van der Waals surface area contributed by atoms with Gasteiger partial charge in [-0.25, -0.2) is 0 Å². The molecule has 2 heterocycles. The first-order chi connectivity index (χ1) is 10.8. The van der Waals surface area contributed by atoms with Gasteiger partial charge in [0.05, 0.1) is 6.54 Å². The molecule has 1 fully saturated rings. The number of hydrogen-bond donors (Lipinski definition) is 1. The zero-order chi connectivity index (χ0) is 17.0. The monoisotopic (exact) mass is 320 g/mol. The molecule has 2 rings (SSSR count). The molecule has 0 spiro atoms. The standard InChI is InChI=1S/C16H28N6O/c1-16(2,3)13(23)17-11-12-18-14(21(4)5)20-15(19-12)22-9-7-6-8-10-22/h6-11H2,1-5H3,(H,17,23). The Kier molecular flexibility index (Phi) is 5.38. The van der Waals surface area contributed by atoms with Crippen molar-refractivity contribution in [1.82, 2.24) is 20.3 Å². The molecule has 0 atom stereocenters. The summed E-state index contributed by atoms with van der Waals surface area (Å²) in [5.41, 5.74) is -0.424. The van der Waals surface area contributed by atoms with Crippen LogP contribution >= 0.6 is 0 Å². The number of carbonyl (C=O) groups is 1. The number of aromatic nitrogens is 3. The molecular formula is C16H28N6O. The van der Waals surface area contributed by atoms with Crippen LogP contribution in [0.1, 0.15) is 45.9 Å². The van der Waals surface area contributed by atoms with Gasteiger partial charge in [0.1, 0.15) is 0 Å². The molecule has 1 saturated heterocycles. The van der Waals surface area contributed by atoms with Gasteiger partial charge in [-0.05, 0) is 19.3 Å². The van der Waals surface area contributed by atoms with Crippen LogP contribution in [0.2, 0.25) is 0 Å². The minimum absolute atomic E-state index is 0.0103. The zero-order valence-corrected chi connectivity index (χ0v) is 14.9. The number of nitrogens with one attached hydrogen (secondary N) is 1. The van der Waals surface area contributed by atoms with Crippen molar-refractivity contribution >= 4 is 17.8 Å². The van der Waals surface area contributed by atoms with E-state index < -0.39 is 5.41 Å². The molecule has 128 valence electrons. The minimum atomic E-state index is -0.424. The van der Waals surface area contributed by atoms with Gasteiger partial charge in [-0.15, -0.1) is 0 Å². The third-order valence-electron chi connectivity index (χ3n) is 3.79. The predicted molar refractivity (Wildman–Crippen MR) is 91.5 cm³/mol. The third-order valence-corrected chi connectivity index (χ3v) is 3.79. The number of rotatable bonds is 4. The maximum atomic E-state index is 12.0. The maximum Gasteiger partial charge on any atom is 0.230 e. The van der Waals surface area contributed by atoms with Gasteiger partial charge in [-0.2, -0.15) is 15.0 Å². The van der Waals surface area contributed by atoms with Gasteiger partial charge in [-0.1, -0.05) is 20.8 Å². The first-order valence-corrected chi connectivity index (χ1v) is 8.23. The van der Waals surface area contributed by atoms with Crippen LogP contribution in [0.15, 0.2) is 0 Å². The summed E-state index contributed by atoms with van der Waals surface area (Å²) in [6.45, 7) is 7.94. The third kappa shape index (κ3) is 4.77. The highest BCUT2D eigenvalue weighted by atomic mass is 16.2. The molecule has 1 N–H and O–H groups in total. The number of hydrogen-bond acceptors (Lipinski definition) is 6. The molecule has 0 saturated carbocycles. The molecule has 0 aliphatic carbocycles. The Hall–Kier alpha value is -1.92. The Morgan fingerprint density at radius 1 is 1.13 bits per heavy atom. The van der Waals surface area contributed by atoms with Gasteiger partial charge >= 0.3 is 0 Å². The van der Waals surface area contributed by atoms with E-state index in [0.29, 0.717) is 24.3 Å². The fourth-order valence-electron chi connectivity index (χ4n) is 2.33. The molecule has 7 heteroatoms. The minimum Gasteiger partial charge on any atom is -0.348 e. The van der Waals surface area contributed by atoms with E-state index >= 15 is 0 Å². The van der Waals surface area contributed by atoms with Crippen LogP contribution < -0.4 is 15.1 Å². The largest absolute Gasteiger partial charge is 0.348 e. The highest BCUT2D eigenvalue weighted by Gasteiger charge is 2.22. The van der Waals surface area contributed by atoms with Gasteiger partial charge in [0.25, 0.3) is 0 Å². The lowest BCUT2D eigenvalue weighted by Crippen LogP contribution is -2.36. The summed E-state index contributed by atoms with van der Waals surface area (Å²) < 4.78 is 0. The summed E-state index contributed by atoms with van der Waals surface area (Å²) in [4.78, 5) is 29.7. The summed E-state index contributed by atoms with van der Waals surface area (Å²) in [5.74, 6) is 1.93. The summed E-state index contributed by atoms with van der Waals surface area (Å²) in [6, 6.07) is 0. The highest BCUT2D eigenvalue weighted by molar-refractivity contribution is 5.81. The molecule has 0 aromatic carbocycles. The van der Waals surface area contributed by atoms with Crippen LogP contribution in [-0.4, -0.2) is 48.0 Å². The summed E-state index contributed by atoms with van der Waals surface area (Å²) in [6.07, 6.45) is 3.59. The van der Waals surface area contributed by atoms with Crippen molar-refractivity contribution in [3.8, 4) is 0 Å². The second-order valence-electron chi connectivity index (χ2n) is 7.23. The predicted octanol–water partition coefficient (Wildman–Crippen LogP) is 1.59. The Morgan fingerprint density at radius 2 is 1.78 bits per heavy atom. The summed E-state index contributed by atoms with van der Waals surface area (Å²) in [7, 11) is 3.82. The number of anilines is 2. The van der Waals surface area contributed by atoms with Crippen molar-refractivity contribution in [2.24, 2.45) is 5.41 Å². The van der Waals surface area contributed by atoms with Crippen LogP contribution in [0.25, 0.3) is 0 Å². The summed E-state index contributed by atoms with van der Waals surface area (Å²) >= 11 is 0. The van der Waals surface area contributed by atoms with Crippen LogP contribution in [0.5, 0.6) is 0 Å². The van der Waals surface area contributed by atoms with E-state index in [0.717, 1.165) is 13.1 Å². The summed E-state index contributed by atoms with van der Waals surface area (Å²) in [5, 5.41) is 2.91. The van der Waals surface area contributed by atoms with Gasteiger partial charge in [0, 0.05) is 32.6 Å². The molecule has 23 heavy (non-hydrogen) atoms. The van der Waals surface area contributed by atoms with Crippen LogP contribution in [-0.2, 0) is 11.3 Å². The molecule has 1 aliphatic rings. The molecule has 7 nitrogen and oxygen atoms in total. The molecule has 1 aromatic heterocycles. The molecular weight excluding hydrogens is 292 g/mol. The Morgan fingerprint density at radius 3 is 2.35 bits per heavy atom. The topological polar surface area (TPSA) is 74.2 Å². The smallest absolute Gasteiger partial charge is 0.230 e. The van der Waals surface area contributed by atoms with Crippen molar-refractivity contribution < 1.29 is 4.79 Å². The molecule has 0 unspecified atom stereocenters. The Labute approximate surface area is 138 Å².